The first-order valence-corrected chi connectivity index (χ1v) is 5.80. The first kappa shape index (κ1) is 10.7. The molecule has 0 unspecified atom stereocenters. The average molecular weight is 265 g/mol. The van der Waals surface area contributed by atoms with Crippen molar-refractivity contribution in [2.45, 2.75) is 18.7 Å². The molecule has 0 atom stereocenters. The van der Waals surface area contributed by atoms with Crippen LogP contribution in [-0.4, -0.2) is 13.0 Å². The van der Waals surface area contributed by atoms with Crippen LogP contribution in [-0.2, 0) is 10.1 Å². The fourth-order valence-electron chi connectivity index (χ4n) is 0.952. The van der Waals surface area contributed by atoms with Crippen molar-refractivity contribution in [3.05, 3.63) is 27.7 Å². The van der Waals surface area contributed by atoms with Gasteiger partial charge in [0.25, 0.3) is 10.1 Å². The molecule has 72 valence electrons. The summed E-state index contributed by atoms with van der Waals surface area (Å²) in [6, 6.07) is 3.10. The Hall–Kier alpha value is -0.390. The summed E-state index contributed by atoms with van der Waals surface area (Å²) in [5, 5.41) is 0. The number of halogens is 1. The van der Waals surface area contributed by atoms with Gasteiger partial charge >= 0.3 is 0 Å². The minimum atomic E-state index is -4.12. The summed E-state index contributed by atoms with van der Waals surface area (Å²) in [5.41, 5.74) is 1.80. The third-order valence-electron chi connectivity index (χ3n) is 1.83. The first-order chi connectivity index (χ1) is 5.82. The van der Waals surface area contributed by atoms with Crippen LogP contribution in [0.25, 0.3) is 0 Å². The van der Waals surface area contributed by atoms with E-state index in [1.165, 1.54) is 6.07 Å². The Kier molecular flexibility index (Phi) is 2.79. The number of benzene rings is 1. The van der Waals surface area contributed by atoms with Gasteiger partial charge in [-0.15, -0.1) is 0 Å². The molecule has 1 aromatic rings. The van der Waals surface area contributed by atoms with Crippen molar-refractivity contribution >= 4 is 26.0 Å². The second kappa shape index (κ2) is 3.40. The van der Waals surface area contributed by atoms with Crippen molar-refractivity contribution in [3.8, 4) is 0 Å². The van der Waals surface area contributed by atoms with E-state index in [0.29, 0.717) is 4.47 Å². The maximum Gasteiger partial charge on any atom is 0.295 e. The van der Waals surface area contributed by atoms with Crippen LogP contribution in [0.2, 0.25) is 0 Å². The molecule has 1 aromatic carbocycles. The highest BCUT2D eigenvalue weighted by Gasteiger charge is 2.14. The lowest BCUT2D eigenvalue weighted by molar-refractivity contribution is 0.482. The Balaban J connectivity index is 3.50. The number of rotatable bonds is 1. The molecule has 0 bridgehead atoms. The Bertz CT molecular complexity index is 437. The van der Waals surface area contributed by atoms with Crippen LogP contribution < -0.4 is 0 Å². The fourth-order valence-corrected chi connectivity index (χ4v) is 2.65. The molecule has 0 aliphatic rings. The maximum atomic E-state index is 10.8. The molecule has 0 saturated carbocycles. The van der Waals surface area contributed by atoms with E-state index < -0.39 is 10.1 Å². The zero-order valence-electron chi connectivity index (χ0n) is 7.20. The topological polar surface area (TPSA) is 54.4 Å². The molecule has 0 radical (unpaired) electrons. The highest BCUT2D eigenvalue weighted by molar-refractivity contribution is 9.10. The van der Waals surface area contributed by atoms with E-state index in [0.717, 1.165) is 11.1 Å². The quantitative estimate of drug-likeness (QED) is 0.793. The summed E-state index contributed by atoms with van der Waals surface area (Å²) in [4.78, 5) is -0.0874. The number of hydrogen-bond acceptors (Lipinski definition) is 2. The van der Waals surface area contributed by atoms with E-state index in [9.17, 15) is 8.42 Å². The van der Waals surface area contributed by atoms with Crippen molar-refractivity contribution in [1.29, 1.82) is 0 Å². The van der Waals surface area contributed by atoms with Crippen LogP contribution in [0, 0.1) is 13.8 Å². The molecule has 0 amide bonds. The molecule has 5 heteroatoms. The molecule has 13 heavy (non-hydrogen) atoms. The lowest BCUT2D eigenvalue weighted by atomic mass is 10.1. The Morgan fingerprint density at radius 3 is 2.15 bits per heavy atom. The zero-order chi connectivity index (χ0) is 10.2. The van der Waals surface area contributed by atoms with Gasteiger partial charge in [-0.05, 0) is 53.0 Å². The lowest BCUT2D eigenvalue weighted by Crippen LogP contribution is -2.00. The van der Waals surface area contributed by atoms with Gasteiger partial charge in [0.15, 0.2) is 0 Å². The summed E-state index contributed by atoms with van der Waals surface area (Å²) >= 11 is 3.08. The lowest BCUT2D eigenvalue weighted by Gasteiger charge is -2.05. The molecule has 0 aromatic heterocycles. The Labute approximate surface area is 85.7 Å². The van der Waals surface area contributed by atoms with E-state index in [-0.39, 0.29) is 4.90 Å². The molecule has 0 spiro atoms. The molecule has 1 rings (SSSR count). The summed E-state index contributed by atoms with van der Waals surface area (Å²) in [6.45, 7) is 3.66. The molecular formula is C8H9BrO3S. The van der Waals surface area contributed by atoms with Crippen LogP contribution in [0.5, 0.6) is 0 Å². The van der Waals surface area contributed by atoms with Gasteiger partial charge in [-0.25, -0.2) is 0 Å². The highest BCUT2D eigenvalue weighted by atomic mass is 79.9. The molecule has 0 aliphatic carbocycles. The van der Waals surface area contributed by atoms with Crippen molar-refractivity contribution in [2.75, 3.05) is 0 Å². The van der Waals surface area contributed by atoms with Crippen molar-refractivity contribution in [2.24, 2.45) is 0 Å². The molecule has 0 fully saturated rings. The van der Waals surface area contributed by atoms with Crippen LogP contribution >= 0.6 is 15.9 Å². The van der Waals surface area contributed by atoms with Crippen molar-refractivity contribution in [3.63, 3.8) is 0 Å². The van der Waals surface area contributed by atoms with E-state index in [1.54, 1.807) is 13.0 Å². The van der Waals surface area contributed by atoms with Crippen LogP contribution in [0.3, 0.4) is 0 Å². The normalized spacial score (nSPS) is 11.7. The number of hydrogen-bond donors (Lipinski definition) is 1. The van der Waals surface area contributed by atoms with Crippen LogP contribution in [0.15, 0.2) is 21.5 Å². The Morgan fingerprint density at radius 1 is 1.23 bits per heavy atom. The SMILES string of the molecule is Cc1cc(Br)c(S(=O)(=O)O)cc1C. The summed E-state index contributed by atoms with van der Waals surface area (Å²) in [5.74, 6) is 0. The third kappa shape index (κ3) is 2.30. The summed E-state index contributed by atoms with van der Waals surface area (Å²) in [6.07, 6.45) is 0. The van der Waals surface area contributed by atoms with E-state index >= 15 is 0 Å². The average Bonchev–Trinajstić information content (AvgIpc) is 1.94. The Morgan fingerprint density at radius 2 is 1.69 bits per heavy atom. The van der Waals surface area contributed by atoms with E-state index in [4.69, 9.17) is 4.55 Å². The molecule has 0 aliphatic heterocycles. The summed E-state index contributed by atoms with van der Waals surface area (Å²) < 4.78 is 30.9. The van der Waals surface area contributed by atoms with Gasteiger partial charge in [0.05, 0.1) is 0 Å². The zero-order valence-corrected chi connectivity index (χ0v) is 9.61. The smallest absolute Gasteiger partial charge is 0.282 e. The van der Waals surface area contributed by atoms with Gasteiger partial charge in [0, 0.05) is 4.47 Å². The predicted molar refractivity (Wildman–Crippen MR) is 53.4 cm³/mol. The van der Waals surface area contributed by atoms with Crippen LogP contribution in [0.4, 0.5) is 0 Å². The second-order valence-corrected chi connectivity index (χ2v) is 5.09. The highest BCUT2D eigenvalue weighted by Crippen LogP contribution is 2.25. The van der Waals surface area contributed by atoms with Gasteiger partial charge in [0.1, 0.15) is 4.90 Å². The monoisotopic (exact) mass is 264 g/mol. The molecule has 1 N–H and O–H groups in total. The fraction of sp³-hybridized carbons (Fsp3) is 0.250. The molecular weight excluding hydrogens is 256 g/mol. The minimum Gasteiger partial charge on any atom is -0.282 e. The molecule has 0 saturated heterocycles. The van der Waals surface area contributed by atoms with Gasteiger partial charge in [-0.3, -0.25) is 4.55 Å². The van der Waals surface area contributed by atoms with Crippen molar-refractivity contribution in [1.82, 2.24) is 0 Å². The first-order valence-electron chi connectivity index (χ1n) is 3.56. The van der Waals surface area contributed by atoms with E-state index in [1.807, 2.05) is 6.92 Å². The minimum absolute atomic E-state index is 0.0874. The maximum absolute atomic E-state index is 10.8. The standard InChI is InChI=1S/C8H9BrO3S/c1-5-3-7(9)8(4-6(5)2)13(10,11)12/h3-4H,1-2H3,(H,10,11,12). The second-order valence-electron chi connectivity index (χ2n) is 2.84. The van der Waals surface area contributed by atoms with Gasteiger partial charge in [-0.1, -0.05) is 0 Å². The number of aryl methyl sites for hydroxylation is 2. The molecule has 0 heterocycles. The van der Waals surface area contributed by atoms with Gasteiger partial charge in [-0.2, -0.15) is 8.42 Å². The van der Waals surface area contributed by atoms with E-state index in [2.05, 4.69) is 15.9 Å². The van der Waals surface area contributed by atoms with Gasteiger partial charge in [0.2, 0.25) is 0 Å². The third-order valence-corrected chi connectivity index (χ3v) is 3.64. The largest absolute Gasteiger partial charge is 0.295 e. The van der Waals surface area contributed by atoms with Crippen molar-refractivity contribution < 1.29 is 13.0 Å². The summed E-state index contributed by atoms with van der Waals surface area (Å²) in [7, 11) is -4.12. The van der Waals surface area contributed by atoms with Gasteiger partial charge < -0.3 is 0 Å². The molecule has 3 nitrogen and oxygen atoms in total. The predicted octanol–water partition coefficient (Wildman–Crippen LogP) is 2.31. The van der Waals surface area contributed by atoms with Crippen LogP contribution in [0.1, 0.15) is 11.1 Å².